The molecule has 0 unspecified atom stereocenters. The predicted octanol–water partition coefficient (Wildman–Crippen LogP) is 3.08. The van der Waals surface area contributed by atoms with Crippen LogP contribution in [0.1, 0.15) is 33.3 Å². The lowest BCUT2D eigenvalue weighted by atomic mass is 9.85. The Morgan fingerprint density at radius 3 is 2.24 bits per heavy atom. The van der Waals surface area contributed by atoms with Gasteiger partial charge in [0.2, 0.25) is 0 Å². The molecule has 0 aliphatic heterocycles. The zero-order chi connectivity index (χ0) is 13.1. The molecule has 17 heavy (non-hydrogen) atoms. The fraction of sp³-hybridized carbons (Fsp3) is 0.500. The summed E-state index contributed by atoms with van der Waals surface area (Å²) >= 11 is 0. The molecule has 0 fully saturated rings. The molecule has 0 aliphatic carbocycles. The minimum Gasteiger partial charge on any atom is -0.493 e. The number of rotatable bonds is 5. The molecule has 3 nitrogen and oxygen atoms in total. The molecule has 0 atom stereocenters. The topological polar surface area (TPSA) is 46.5 Å². The highest BCUT2D eigenvalue weighted by Gasteiger charge is 2.29. The van der Waals surface area contributed by atoms with Crippen LogP contribution in [0.4, 0.5) is 0 Å². The lowest BCUT2D eigenvalue weighted by Crippen LogP contribution is -2.28. The molecule has 1 aromatic carbocycles. The maximum absolute atomic E-state index is 11.1. The minimum absolute atomic E-state index is 0.477. The van der Waals surface area contributed by atoms with Gasteiger partial charge in [0.15, 0.2) is 0 Å². The summed E-state index contributed by atoms with van der Waals surface area (Å²) in [5, 5.41) is 9.11. The Morgan fingerprint density at radius 1 is 1.29 bits per heavy atom. The van der Waals surface area contributed by atoms with Crippen molar-refractivity contribution in [1.82, 2.24) is 0 Å². The van der Waals surface area contributed by atoms with Crippen LogP contribution in [0.15, 0.2) is 24.3 Å². The van der Waals surface area contributed by atoms with Crippen molar-refractivity contribution in [2.45, 2.75) is 33.1 Å². The van der Waals surface area contributed by atoms with E-state index in [2.05, 4.69) is 13.8 Å². The zero-order valence-electron chi connectivity index (χ0n) is 10.9. The van der Waals surface area contributed by atoms with E-state index in [4.69, 9.17) is 9.84 Å². The van der Waals surface area contributed by atoms with E-state index in [0.29, 0.717) is 12.5 Å². The number of carbonyl (C=O) groups is 1. The maximum Gasteiger partial charge on any atom is 0.313 e. The number of hydrogen-bond acceptors (Lipinski definition) is 2. The van der Waals surface area contributed by atoms with Crippen LogP contribution < -0.4 is 4.74 Å². The van der Waals surface area contributed by atoms with Gasteiger partial charge < -0.3 is 9.84 Å². The van der Waals surface area contributed by atoms with Crippen molar-refractivity contribution < 1.29 is 14.6 Å². The monoisotopic (exact) mass is 236 g/mol. The molecular formula is C14H20O3. The molecule has 1 rings (SSSR count). The summed E-state index contributed by atoms with van der Waals surface area (Å²) in [6, 6.07) is 7.26. The smallest absolute Gasteiger partial charge is 0.313 e. The lowest BCUT2D eigenvalue weighted by Gasteiger charge is -2.20. The Labute approximate surface area is 102 Å². The lowest BCUT2D eigenvalue weighted by molar-refractivity contribution is -0.142. The highest BCUT2D eigenvalue weighted by molar-refractivity contribution is 5.80. The number of carboxylic acid groups (broad SMARTS) is 1. The molecular weight excluding hydrogens is 216 g/mol. The summed E-state index contributed by atoms with van der Waals surface area (Å²) in [7, 11) is 0. The van der Waals surface area contributed by atoms with Gasteiger partial charge in [-0.25, -0.2) is 0 Å². The number of ether oxygens (including phenoxy) is 1. The molecule has 0 bridgehead atoms. The molecule has 1 N–H and O–H groups in total. The molecule has 0 saturated carbocycles. The highest BCUT2D eigenvalue weighted by atomic mass is 16.5. The number of hydrogen-bond donors (Lipinski definition) is 1. The summed E-state index contributed by atoms with van der Waals surface area (Å²) < 4.78 is 5.55. The Bertz CT molecular complexity index is 377. The van der Waals surface area contributed by atoms with Gasteiger partial charge in [-0.1, -0.05) is 26.0 Å². The van der Waals surface area contributed by atoms with Crippen molar-refractivity contribution in [3.63, 3.8) is 0 Å². The van der Waals surface area contributed by atoms with Crippen LogP contribution in [0.3, 0.4) is 0 Å². The van der Waals surface area contributed by atoms with Crippen molar-refractivity contribution in [2.24, 2.45) is 5.92 Å². The van der Waals surface area contributed by atoms with E-state index in [1.807, 2.05) is 24.3 Å². The molecule has 3 heteroatoms. The molecule has 0 radical (unpaired) electrons. The second kappa shape index (κ2) is 5.21. The summed E-state index contributed by atoms with van der Waals surface area (Å²) in [5.74, 6) is 0.433. The molecule has 0 amide bonds. The van der Waals surface area contributed by atoms with Crippen molar-refractivity contribution >= 4 is 5.97 Å². The summed E-state index contributed by atoms with van der Waals surface area (Å²) in [5.41, 5.74) is -0.0850. The highest BCUT2D eigenvalue weighted by Crippen LogP contribution is 2.25. The third-order valence-corrected chi connectivity index (χ3v) is 2.69. The van der Waals surface area contributed by atoms with E-state index in [1.54, 1.807) is 13.8 Å². The standard InChI is InChI=1S/C14H20O3/c1-10(2)9-17-12-7-5-11(6-8-12)14(3,4)13(15)16/h5-8,10H,9H2,1-4H3,(H,15,16). The van der Waals surface area contributed by atoms with Crippen LogP contribution in [0.2, 0.25) is 0 Å². The van der Waals surface area contributed by atoms with E-state index in [0.717, 1.165) is 11.3 Å². The Kier molecular flexibility index (Phi) is 4.16. The largest absolute Gasteiger partial charge is 0.493 e. The summed E-state index contributed by atoms with van der Waals surface area (Å²) in [6.45, 7) is 8.23. The van der Waals surface area contributed by atoms with E-state index >= 15 is 0 Å². The third kappa shape index (κ3) is 3.48. The van der Waals surface area contributed by atoms with Crippen molar-refractivity contribution in [3.05, 3.63) is 29.8 Å². The first-order chi connectivity index (χ1) is 7.84. The Hall–Kier alpha value is -1.51. The zero-order valence-corrected chi connectivity index (χ0v) is 10.9. The number of carboxylic acids is 1. The molecule has 0 spiro atoms. The molecule has 0 aliphatic rings. The van der Waals surface area contributed by atoms with E-state index in [-0.39, 0.29) is 0 Å². The van der Waals surface area contributed by atoms with Crippen LogP contribution in [-0.4, -0.2) is 17.7 Å². The quantitative estimate of drug-likeness (QED) is 0.854. The number of benzene rings is 1. The second-order valence-electron chi connectivity index (χ2n) is 5.16. The van der Waals surface area contributed by atoms with E-state index in [1.165, 1.54) is 0 Å². The van der Waals surface area contributed by atoms with Gasteiger partial charge in [-0.3, -0.25) is 4.79 Å². The Balaban J connectivity index is 2.78. The fourth-order valence-corrected chi connectivity index (χ4v) is 1.35. The average Bonchev–Trinajstić information content (AvgIpc) is 2.26. The minimum atomic E-state index is -0.865. The predicted molar refractivity (Wildman–Crippen MR) is 67.4 cm³/mol. The molecule has 0 heterocycles. The molecule has 0 aromatic heterocycles. The van der Waals surface area contributed by atoms with Gasteiger partial charge in [-0.05, 0) is 37.5 Å². The second-order valence-corrected chi connectivity index (χ2v) is 5.16. The van der Waals surface area contributed by atoms with Crippen LogP contribution in [0.25, 0.3) is 0 Å². The Morgan fingerprint density at radius 2 is 1.82 bits per heavy atom. The fourth-order valence-electron chi connectivity index (χ4n) is 1.35. The van der Waals surface area contributed by atoms with E-state index in [9.17, 15) is 4.79 Å². The van der Waals surface area contributed by atoms with Gasteiger partial charge in [0.05, 0.1) is 12.0 Å². The van der Waals surface area contributed by atoms with Crippen molar-refractivity contribution in [1.29, 1.82) is 0 Å². The first kappa shape index (κ1) is 13.6. The van der Waals surface area contributed by atoms with Gasteiger partial charge in [-0.2, -0.15) is 0 Å². The van der Waals surface area contributed by atoms with Crippen LogP contribution in [0, 0.1) is 5.92 Å². The van der Waals surface area contributed by atoms with Gasteiger partial charge in [0.1, 0.15) is 5.75 Å². The summed E-state index contributed by atoms with van der Waals surface area (Å²) in [6.07, 6.45) is 0. The van der Waals surface area contributed by atoms with Crippen molar-refractivity contribution in [3.8, 4) is 5.75 Å². The normalized spacial score (nSPS) is 11.6. The van der Waals surface area contributed by atoms with Gasteiger partial charge >= 0.3 is 5.97 Å². The van der Waals surface area contributed by atoms with Crippen LogP contribution in [-0.2, 0) is 10.2 Å². The van der Waals surface area contributed by atoms with Crippen LogP contribution in [0.5, 0.6) is 5.75 Å². The first-order valence-corrected chi connectivity index (χ1v) is 5.80. The van der Waals surface area contributed by atoms with Crippen molar-refractivity contribution in [2.75, 3.05) is 6.61 Å². The van der Waals surface area contributed by atoms with Gasteiger partial charge in [-0.15, -0.1) is 0 Å². The molecule has 0 saturated heterocycles. The summed E-state index contributed by atoms with van der Waals surface area (Å²) in [4.78, 5) is 11.1. The van der Waals surface area contributed by atoms with Gasteiger partial charge in [0, 0.05) is 0 Å². The van der Waals surface area contributed by atoms with E-state index < -0.39 is 11.4 Å². The SMILES string of the molecule is CC(C)COc1ccc(C(C)(C)C(=O)O)cc1. The third-order valence-electron chi connectivity index (χ3n) is 2.69. The molecule has 94 valence electrons. The first-order valence-electron chi connectivity index (χ1n) is 5.80. The maximum atomic E-state index is 11.1. The number of aliphatic carboxylic acids is 1. The average molecular weight is 236 g/mol. The van der Waals surface area contributed by atoms with Gasteiger partial charge in [0.25, 0.3) is 0 Å². The van der Waals surface area contributed by atoms with Crippen LogP contribution >= 0.6 is 0 Å². The molecule has 1 aromatic rings.